The number of benzene rings is 2. The number of carbonyl (C=O) groups is 3. The molecule has 0 spiro atoms. The third-order valence-corrected chi connectivity index (χ3v) is 7.75. The van der Waals surface area contributed by atoms with E-state index in [1.165, 1.54) is 15.8 Å². The number of piperidine rings is 1. The summed E-state index contributed by atoms with van der Waals surface area (Å²) in [4.78, 5) is 38.2. The van der Waals surface area contributed by atoms with Crippen molar-refractivity contribution in [2.45, 2.75) is 25.3 Å². The number of nitrogens with one attached hydrogen (secondary N) is 2. The van der Waals surface area contributed by atoms with Crippen molar-refractivity contribution in [3.63, 3.8) is 0 Å². The predicted molar refractivity (Wildman–Crippen MR) is 126 cm³/mol. The van der Waals surface area contributed by atoms with E-state index in [1.54, 1.807) is 49.4 Å². The van der Waals surface area contributed by atoms with E-state index in [9.17, 15) is 22.8 Å². The number of hydrogen-bond acceptors (Lipinski definition) is 5. The molecule has 2 aliphatic heterocycles. The Labute approximate surface area is 198 Å². The number of carbonyl (C=O) groups excluding carboxylic acids is 3. The van der Waals surface area contributed by atoms with Gasteiger partial charge in [-0.1, -0.05) is 60.7 Å². The van der Waals surface area contributed by atoms with Crippen LogP contribution < -0.4 is 10.7 Å². The fraction of sp³-hybridized carbons (Fsp3) is 0.292. The zero-order valence-corrected chi connectivity index (χ0v) is 19.5. The summed E-state index contributed by atoms with van der Waals surface area (Å²) in [6, 6.07) is 17.2. The van der Waals surface area contributed by atoms with Crippen LogP contribution in [0.5, 0.6) is 0 Å². The summed E-state index contributed by atoms with van der Waals surface area (Å²) in [5.41, 5.74) is 2.52. The second-order valence-electron chi connectivity index (χ2n) is 8.47. The number of hydrazine groups is 1. The summed E-state index contributed by atoms with van der Waals surface area (Å²) in [6.45, 7) is 1.92. The van der Waals surface area contributed by atoms with E-state index in [1.807, 2.05) is 18.2 Å². The van der Waals surface area contributed by atoms with Crippen molar-refractivity contribution in [3.8, 4) is 0 Å². The van der Waals surface area contributed by atoms with E-state index in [2.05, 4.69) is 10.7 Å². The largest absolute Gasteiger partial charge is 0.344 e. The lowest BCUT2D eigenvalue weighted by Gasteiger charge is -2.30. The second kappa shape index (κ2) is 9.40. The van der Waals surface area contributed by atoms with Crippen LogP contribution in [0, 0.1) is 5.92 Å². The zero-order chi connectivity index (χ0) is 24.3. The summed E-state index contributed by atoms with van der Waals surface area (Å²) in [6.07, 6.45) is 2.10. The molecule has 4 amide bonds. The van der Waals surface area contributed by atoms with Crippen LogP contribution in [0.1, 0.15) is 30.9 Å². The Morgan fingerprint density at radius 2 is 1.62 bits per heavy atom. The lowest BCUT2D eigenvalue weighted by Crippen LogP contribution is -2.51. The molecule has 10 heteroatoms. The van der Waals surface area contributed by atoms with E-state index >= 15 is 0 Å². The van der Waals surface area contributed by atoms with E-state index in [-0.39, 0.29) is 25.9 Å². The van der Waals surface area contributed by atoms with Gasteiger partial charge in [-0.15, -0.1) is 0 Å². The molecule has 0 aromatic heterocycles. The summed E-state index contributed by atoms with van der Waals surface area (Å²) in [5.74, 6) is -1.59. The fourth-order valence-electron chi connectivity index (χ4n) is 4.10. The van der Waals surface area contributed by atoms with Crippen LogP contribution in [-0.2, 0) is 25.2 Å². The van der Waals surface area contributed by atoms with Gasteiger partial charge in [0.05, 0.1) is 0 Å². The van der Waals surface area contributed by atoms with Crippen molar-refractivity contribution < 1.29 is 22.8 Å². The quantitative estimate of drug-likeness (QED) is 0.613. The molecule has 2 aromatic rings. The molecule has 2 aliphatic rings. The maximum absolute atomic E-state index is 13.0. The van der Waals surface area contributed by atoms with Crippen LogP contribution >= 0.6 is 0 Å². The Balaban J connectivity index is 1.35. The molecule has 1 unspecified atom stereocenters. The second-order valence-corrected chi connectivity index (χ2v) is 10.3. The van der Waals surface area contributed by atoms with Gasteiger partial charge in [0, 0.05) is 24.4 Å². The topological polar surface area (TPSA) is 116 Å². The van der Waals surface area contributed by atoms with Gasteiger partial charge in [0.2, 0.25) is 15.9 Å². The number of amides is 4. The Hall–Kier alpha value is -3.50. The van der Waals surface area contributed by atoms with Crippen molar-refractivity contribution in [1.29, 1.82) is 0 Å². The van der Waals surface area contributed by atoms with Crippen LogP contribution in [-0.4, -0.2) is 48.7 Å². The molecule has 0 aliphatic carbocycles. The maximum atomic E-state index is 13.0. The first-order valence-corrected chi connectivity index (χ1v) is 12.5. The van der Waals surface area contributed by atoms with Gasteiger partial charge < -0.3 is 5.32 Å². The summed E-state index contributed by atoms with van der Waals surface area (Å²) < 4.78 is 26.6. The summed E-state index contributed by atoms with van der Waals surface area (Å²) in [5, 5.41) is 4.51. The van der Waals surface area contributed by atoms with Crippen LogP contribution in [0.3, 0.4) is 0 Å². The van der Waals surface area contributed by atoms with Crippen molar-refractivity contribution >= 4 is 33.9 Å². The van der Waals surface area contributed by atoms with E-state index in [0.29, 0.717) is 10.6 Å². The third-order valence-electron chi connectivity index (χ3n) is 6.18. The van der Waals surface area contributed by atoms with E-state index < -0.39 is 39.3 Å². The number of hydrogen-bond donors (Lipinski definition) is 2. The van der Waals surface area contributed by atoms with E-state index in [0.717, 1.165) is 5.56 Å². The van der Waals surface area contributed by atoms with Crippen LogP contribution in [0.15, 0.2) is 66.1 Å². The van der Waals surface area contributed by atoms with Crippen LogP contribution in [0.25, 0.3) is 6.08 Å². The molecule has 2 fully saturated rings. The first kappa shape index (κ1) is 23.7. The van der Waals surface area contributed by atoms with Gasteiger partial charge in [-0.2, -0.15) is 9.31 Å². The Morgan fingerprint density at radius 3 is 2.24 bits per heavy atom. The molecular formula is C24H26N4O5S. The Kier molecular flexibility index (Phi) is 6.54. The monoisotopic (exact) mass is 482 g/mol. The lowest BCUT2D eigenvalue weighted by molar-refractivity contribution is -0.141. The average molecular weight is 483 g/mol. The summed E-state index contributed by atoms with van der Waals surface area (Å²) >= 11 is 0. The number of sulfonamides is 1. The minimum atomic E-state index is -3.62. The SMILES string of the molecule is CC1(c2ccccc2)NC(=O)N(NC(=O)C2CCN(S(=O)(=O)/C=C/c3ccccc3)CC2)C1=O. The van der Waals surface area contributed by atoms with Crippen LogP contribution in [0.2, 0.25) is 0 Å². The van der Waals surface area contributed by atoms with Crippen molar-refractivity contribution in [2.75, 3.05) is 13.1 Å². The minimum absolute atomic E-state index is 0.168. The molecule has 9 nitrogen and oxygen atoms in total. The molecule has 2 saturated heterocycles. The predicted octanol–water partition coefficient (Wildman–Crippen LogP) is 2.20. The molecular weight excluding hydrogens is 456 g/mol. The maximum Gasteiger partial charge on any atom is 0.344 e. The number of urea groups is 1. The molecule has 0 saturated carbocycles. The highest BCUT2D eigenvalue weighted by atomic mass is 32.2. The molecule has 34 heavy (non-hydrogen) atoms. The highest BCUT2D eigenvalue weighted by Crippen LogP contribution is 2.28. The highest BCUT2D eigenvalue weighted by molar-refractivity contribution is 7.92. The molecule has 2 aromatic carbocycles. The van der Waals surface area contributed by atoms with Crippen LogP contribution in [0.4, 0.5) is 4.79 Å². The van der Waals surface area contributed by atoms with Gasteiger partial charge in [0.25, 0.3) is 5.91 Å². The standard InChI is InChI=1S/C24H26N4O5S/c1-24(20-10-6-3-7-11-20)22(30)28(23(31)25-24)26-21(29)19-12-15-27(16-13-19)34(32,33)17-14-18-8-4-2-5-9-18/h2-11,14,17,19H,12-13,15-16H2,1H3,(H,25,31)(H,26,29)/b17-14+. The molecule has 1 atom stereocenters. The molecule has 0 bridgehead atoms. The number of imide groups is 1. The first-order chi connectivity index (χ1) is 16.2. The number of nitrogens with zero attached hydrogens (tertiary/aromatic N) is 2. The summed E-state index contributed by atoms with van der Waals surface area (Å²) in [7, 11) is -3.62. The van der Waals surface area contributed by atoms with Gasteiger partial charge >= 0.3 is 6.03 Å². The lowest BCUT2D eigenvalue weighted by atomic mass is 9.92. The van der Waals surface area contributed by atoms with Gasteiger partial charge in [0.15, 0.2) is 0 Å². The Morgan fingerprint density at radius 1 is 1.03 bits per heavy atom. The molecule has 4 rings (SSSR count). The van der Waals surface area contributed by atoms with Crippen molar-refractivity contribution in [1.82, 2.24) is 20.1 Å². The number of rotatable bonds is 6. The third kappa shape index (κ3) is 4.73. The van der Waals surface area contributed by atoms with Crippen molar-refractivity contribution in [3.05, 3.63) is 77.2 Å². The van der Waals surface area contributed by atoms with E-state index in [4.69, 9.17) is 0 Å². The minimum Gasteiger partial charge on any atom is -0.318 e. The average Bonchev–Trinajstić information content (AvgIpc) is 3.08. The highest BCUT2D eigenvalue weighted by Gasteiger charge is 2.50. The normalized spacial score (nSPS) is 22.2. The zero-order valence-electron chi connectivity index (χ0n) is 18.7. The molecule has 2 N–H and O–H groups in total. The smallest absolute Gasteiger partial charge is 0.318 e. The van der Waals surface area contributed by atoms with Gasteiger partial charge in [-0.3, -0.25) is 15.0 Å². The van der Waals surface area contributed by atoms with Crippen molar-refractivity contribution in [2.24, 2.45) is 5.92 Å². The van der Waals surface area contributed by atoms with Gasteiger partial charge in [-0.05, 0) is 37.0 Å². The van der Waals surface area contributed by atoms with Gasteiger partial charge in [-0.25, -0.2) is 13.2 Å². The first-order valence-electron chi connectivity index (χ1n) is 11.0. The molecule has 0 radical (unpaired) electrons. The Bertz CT molecular complexity index is 1210. The molecule has 178 valence electrons. The molecule has 2 heterocycles. The van der Waals surface area contributed by atoms with Gasteiger partial charge in [0.1, 0.15) is 5.54 Å². The fourth-order valence-corrected chi connectivity index (χ4v) is 5.32.